The van der Waals surface area contributed by atoms with Crippen molar-refractivity contribution < 1.29 is 0 Å². The molecule has 10 heavy (non-hydrogen) atoms. The summed E-state index contributed by atoms with van der Waals surface area (Å²) in [6.07, 6.45) is 3.39. The van der Waals surface area contributed by atoms with Crippen LogP contribution in [0.25, 0.3) is 0 Å². The number of halogens is 2. The minimum atomic E-state index is 0.641. The average molecular weight is 177 g/mol. The van der Waals surface area contributed by atoms with E-state index in [0.29, 0.717) is 10.1 Å². The molecule has 0 saturated heterocycles. The minimum absolute atomic E-state index is 0.641. The molecule has 0 aromatic heterocycles. The molecule has 0 spiro atoms. The second kappa shape index (κ2) is 4.59. The van der Waals surface area contributed by atoms with Gasteiger partial charge in [0.2, 0.25) is 0 Å². The number of rotatable bonds is 2. The van der Waals surface area contributed by atoms with Crippen LogP contribution in [0.4, 0.5) is 0 Å². The highest BCUT2D eigenvalue weighted by Crippen LogP contribution is 2.14. The lowest BCUT2D eigenvalue weighted by Crippen LogP contribution is -1.72. The van der Waals surface area contributed by atoms with Crippen LogP contribution in [0.1, 0.15) is 13.8 Å². The molecular weight excluding hydrogens is 167 g/mol. The van der Waals surface area contributed by atoms with Gasteiger partial charge in [-0.2, -0.15) is 0 Å². The van der Waals surface area contributed by atoms with E-state index in [-0.39, 0.29) is 0 Å². The van der Waals surface area contributed by atoms with Gasteiger partial charge in [0.05, 0.1) is 0 Å². The van der Waals surface area contributed by atoms with Gasteiger partial charge in [-0.1, -0.05) is 35.9 Å². The first-order valence-corrected chi connectivity index (χ1v) is 3.66. The molecule has 0 aromatic rings. The molecule has 0 nitrogen and oxygen atoms in total. The van der Waals surface area contributed by atoms with Crippen LogP contribution >= 0.6 is 23.2 Å². The highest BCUT2D eigenvalue weighted by molar-refractivity contribution is 6.34. The molecule has 0 aliphatic heterocycles. The van der Waals surface area contributed by atoms with Crippen molar-refractivity contribution >= 4 is 23.2 Å². The Morgan fingerprint density at radius 2 is 1.80 bits per heavy atom. The Kier molecular flexibility index (Phi) is 4.50. The number of hydrogen-bond acceptors (Lipinski definition) is 0. The Hall–Kier alpha value is -0.200. The summed E-state index contributed by atoms with van der Waals surface area (Å²) < 4.78 is 0. The normalized spacial score (nSPS) is 14.6. The van der Waals surface area contributed by atoms with Gasteiger partial charge >= 0.3 is 0 Å². The molecule has 0 aliphatic rings. The van der Waals surface area contributed by atoms with Gasteiger partial charge in [-0.05, 0) is 25.5 Å². The summed E-state index contributed by atoms with van der Waals surface area (Å²) in [5, 5.41) is 1.31. The molecule has 0 radical (unpaired) electrons. The fourth-order valence-corrected chi connectivity index (χ4v) is 0.792. The molecule has 0 fully saturated rings. The number of hydrogen-bond donors (Lipinski definition) is 0. The predicted molar refractivity (Wildman–Crippen MR) is 48.4 cm³/mol. The van der Waals surface area contributed by atoms with Crippen LogP contribution in [0.2, 0.25) is 0 Å². The molecular formula is C8H10Cl2. The second-order valence-corrected chi connectivity index (χ2v) is 2.97. The lowest BCUT2D eigenvalue weighted by Gasteiger charge is -1.93. The van der Waals surface area contributed by atoms with Crippen LogP contribution in [0.15, 0.2) is 34.4 Å². The van der Waals surface area contributed by atoms with Crippen molar-refractivity contribution in [2.45, 2.75) is 13.8 Å². The molecule has 0 heterocycles. The quantitative estimate of drug-likeness (QED) is 0.562. The maximum atomic E-state index is 5.77. The zero-order valence-corrected chi connectivity index (χ0v) is 7.63. The summed E-state index contributed by atoms with van der Waals surface area (Å²) in [4.78, 5) is 0. The predicted octanol–water partition coefficient (Wildman–Crippen LogP) is 3.83. The second-order valence-electron chi connectivity index (χ2n) is 1.97. The minimum Gasteiger partial charge on any atom is -0.0987 e. The van der Waals surface area contributed by atoms with E-state index in [1.807, 2.05) is 6.92 Å². The Balaban J connectivity index is 4.48. The first-order valence-electron chi connectivity index (χ1n) is 2.90. The van der Waals surface area contributed by atoms with Crippen LogP contribution < -0.4 is 0 Å². The van der Waals surface area contributed by atoms with Crippen LogP contribution in [-0.4, -0.2) is 0 Å². The van der Waals surface area contributed by atoms with E-state index >= 15 is 0 Å². The van der Waals surface area contributed by atoms with Crippen molar-refractivity contribution in [3.63, 3.8) is 0 Å². The van der Waals surface area contributed by atoms with Crippen molar-refractivity contribution in [2.24, 2.45) is 0 Å². The number of allylic oxidation sites excluding steroid dienone is 5. The third-order valence-corrected chi connectivity index (χ3v) is 1.52. The largest absolute Gasteiger partial charge is 0.0987 e. The molecule has 0 aliphatic carbocycles. The molecule has 0 rings (SSSR count). The molecule has 0 unspecified atom stereocenters. The van der Waals surface area contributed by atoms with E-state index in [4.69, 9.17) is 23.2 Å². The summed E-state index contributed by atoms with van der Waals surface area (Å²) in [5.74, 6) is 0. The first kappa shape index (κ1) is 9.80. The van der Waals surface area contributed by atoms with Crippen molar-refractivity contribution in [1.82, 2.24) is 0 Å². The topological polar surface area (TPSA) is 0 Å². The van der Waals surface area contributed by atoms with Gasteiger partial charge in [-0.3, -0.25) is 0 Å². The van der Waals surface area contributed by atoms with Gasteiger partial charge in [-0.25, -0.2) is 0 Å². The van der Waals surface area contributed by atoms with Crippen LogP contribution in [0.3, 0.4) is 0 Å². The summed E-state index contributed by atoms with van der Waals surface area (Å²) >= 11 is 11.4. The Bertz CT molecular complexity index is 183. The van der Waals surface area contributed by atoms with E-state index in [1.54, 1.807) is 19.1 Å². The highest BCUT2D eigenvalue weighted by atomic mass is 35.5. The lowest BCUT2D eigenvalue weighted by molar-refractivity contribution is 1.49. The average Bonchev–Trinajstić information content (AvgIpc) is 1.85. The van der Waals surface area contributed by atoms with Crippen molar-refractivity contribution in [1.29, 1.82) is 0 Å². The van der Waals surface area contributed by atoms with E-state index in [1.165, 1.54) is 0 Å². The molecule has 0 aromatic carbocycles. The molecule has 56 valence electrons. The maximum absolute atomic E-state index is 5.77. The third kappa shape index (κ3) is 3.76. The van der Waals surface area contributed by atoms with Gasteiger partial charge in [-0.15, -0.1) is 0 Å². The van der Waals surface area contributed by atoms with Crippen LogP contribution in [-0.2, 0) is 0 Å². The van der Waals surface area contributed by atoms with E-state index in [0.717, 1.165) is 5.57 Å². The van der Waals surface area contributed by atoms with E-state index in [9.17, 15) is 0 Å². The standard InChI is InChI=1S/C8H10Cl2/c1-4-6(2)8(10)5-7(3)9/h4-5H,1H2,2-3H3/b7-5+,8-6+. The molecule has 0 bridgehead atoms. The Morgan fingerprint density at radius 3 is 2.10 bits per heavy atom. The summed E-state index contributed by atoms with van der Waals surface area (Å²) in [5.41, 5.74) is 0.932. The van der Waals surface area contributed by atoms with Crippen molar-refractivity contribution in [3.05, 3.63) is 34.4 Å². The molecule has 2 heteroatoms. The molecule has 0 atom stereocenters. The smallest absolute Gasteiger partial charge is 0.0446 e. The molecule has 0 saturated carbocycles. The lowest BCUT2D eigenvalue weighted by atomic mass is 10.3. The molecule has 0 N–H and O–H groups in total. The van der Waals surface area contributed by atoms with Gasteiger partial charge in [0.25, 0.3) is 0 Å². The first-order chi connectivity index (χ1) is 4.57. The van der Waals surface area contributed by atoms with Gasteiger partial charge in [0, 0.05) is 10.1 Å². The van der Waals surface area contributed by atoms with Gasteiger partial charge < -0.3 is 0 Å². The van der Waals surface area contributed by atoms with Crippen molar-refractivity contribution in [3.8, 4) is 0 Å². The monoisotopic (exact) mass is 176 g/mol. The Morgan fingerprint density at radius 1 is 1.30 bits per heavy atom. The fraction of sp³-hybridized carbons (Fsp3) is 0.250. The third-order valence-electron chi connectivity index (χ3n) is 1.01. The van der Waals surface area contributed by atoms with E-state index < -0.39 is 0 Å². The maximum Gasteiger partial charge on any atom is 0.0446 e. The highest BCUT2D eigenvalue weighted by Gasteiger charge is 1.90. The van der Waals surface area contributed by atoms with Gasteiger partial charge in [0.15, 0.2) is 0 Å². The van der Waals surface area contributed by atoms with Gasteiger partial charge in [0.1, 0.15) is 0 Å². The Labute approximate surface area is 71.8 Å². The van der Waals surface area contributed by atoms with Crippen molar-refractivity contribution in [2.75, 3.05) is 0 Å². The summed E-state index contributed by atoms with van der Waals surface area (Å²) in [7, 11) is 0. The zero-order valence-electron chi connectivity index (χ0n) is 6.12. The van der Waals surface area contributed by atoms with Crippen LogP contribution in [0.5, 0.6) is 0 Å². The SMILES string of the molecule is C=C/C(C)=C(Cl)\C=C(/C)Cl. The summed E-state index contributed by atoms with van der Waals surface area (Å²) in [6, 6.07) is 0. The van der Waals surface area contributed by atoms with E-state index in [2.05, 4.69) is 6.58 Å². The summed E-state index contributed by atoms with van der Waals surface area (Å²) in [6.45, 7) is 7.23. The van der Waals surface area contributed by atoms with Crippen LogP contribution in [0, 0.1) is 0 Å². The fourth-order valence-electron chi connectivity index (χ4n) is 0.386. The zero-order chi connectivity index (χ0) is 8.15. The molecule has 0 amide bonds.